The van der Waals surface area contributed by atoms with Gasteiger partial charge in [0.1, 0.15) is 0 Å². The highest BCUT2D eigenvalue weighted by Crippen LogP contribution is 2.63. The molecule has 0 radical (unpaired) electrons. The summed E-state index contributed by atoms with van der Waals surface area (Å²) in [7, 11) is 0. The van der Waals surface area contributed by atoms with Crippen LogP contribution in [0, 0.1) is 23.2 Å². The second-order valence-corrected chi connectivity index (χ2v) is 7.26. The highest BCUT2D eigenvalue weighted by atomic mass is 16.3. The summed E-state index contributed by atoms with van der Waals surface area (Å²) in [6.45, 7) is 2.38. The van der Waals surface area contributed by atoms with E-state index < -0.39 is 0 Å². The molecule has 0 aromatic rings. The molecule has 4 aliphatic rings. The monoisotopic (exact) mass is 237 g/mol. The minimum atomic E-state index is -0.294. The Morgan fingerprint density at radius 1 is 1.12 bits per heavy atom. The van der Waals surface area contributed by atoms with Gasteiger partial charge in [0.25, 0.3) is 0 Å². The number of hydrogen-bond acceptors (Lipinski definition) is 2. The first-order valence-electron chi connectivity index (χ1n) is 7.50. The molecular weight excluding hydrogens is 210 g/mol. The summed E-state index contributed by atoms with van der Waals surface area (Å²) in [5.74, 6) is 2.77. The van der Waals surface area contributed by atoms with E-state index in [2.05, 4.69) is 6.92 Å². The van der Waals surface area contributed by atoms with Gasteiger partial charge in [-0.2, -0.15) is 0 Å². The fraction of sp³-hybridized carbons (Fsp3) is 1.00. The Hall–Kier alpha value is -0.0800. The van der Waals surface area contributed by atoms with Crippen molar-refractivity contribution in [2.75, 3.05) is 6.61 Å². The van der Waals surface area contributed by atoms with Crippen LogP contribution in [0.2, 0.25) is 0 Å². The van der Waals surface area contributed by atoms with Crippen molar-refractivity contribution in [3.63, 3.8) is 0 Å². The van der Waals surface area contributed by atoms with Crippen molar-refractivity contribution in [1.29, 1.82) is 0 Å². The van der Waals surface area contributed by atoms with Gasteiger partial charge in [0.15, 0.2) is 0 Å². The van der Waals surface area contributed by atoms with Crippen LogP contribution in [0.3, 0.4) is 0 Å². The third-order valence-electron chi connectivity index (χ3n) is 6.07. The molecule has 4 fully saturated rings. The Morgan fingerprint density at radius 3 is 1.94 bits per heavy atom. The zero-order chi connectivity index (χ0) is 12.1. The Labute approximate surface area is 105 Å². The van der Waals surface area contributed by atoms with Gasteiger partial charge in [0, 0.05) is 5.54 Å². The van der Waals surface area contributed by atoms with Crippen LogP contribution in [-0.2, 0) is 0 Å². The van der Waals surface area contributed by atoms with E-state index in [1.165, 1.54) is 38.5 Å². The highest BCUT2D eigenvalue weighted by Gasteiger charge is 2.58. The second-order valence-electron chi connectivity index (χ2n) is 7.26. The molecule has 17 heavy (non-hydrogen) atoms. The van der Waals surface area contributed by atoms with Gasteiger partial charge >= 0.3 is 0 Å². The Bertz CT molecular complexity index is 266. The first-order valence-corrected chi connectivity index (χ1v) is 7.50. The van der Waals surface area contributed by atoms with Crippen molar-refractivity contribution in [1.82, 2.24) is 0 Å². The van der Waals surface area contributed by atoms with Gasteiger partial charge in [-0.05, 0) is 68.1 Å². The van der Waals surface area contributed by atoms with Gasteiger partial charge in [-0.25, -0.2) is 0 Å². The fourth-order valence-corrected chi connectivity index (χ4v) is 5.68. The van der Waals surface area contributed by atoms with Gasteiger partial charge < -0.3 is 10.8 Å². The normalized spacial score (nSPS) is 47.1. The van der Waals surface area contributed by atoms with Crippen LogP contribution >= 0.6 is 0 Å². The molecule has 3 N–H and O–H groups in total. The molecule has 0 heterocycles. The molecule has 0 amide bonds. The summed E-state index contributed by atoms with van der Waals surface area (Å²) in [4.78, 5) is 0. The van der Waals surface area contributed by atoms with Gasteiger partial charge in [-0.1, -0.05) is 13.3 Å². The van der Waals surface area contributed by atoms with Crippen molar-refractivity contribution in [2.24, 2.45) is 28.9 Å². The summed E-state index contributed by atoms with van der Waals surface area (Å²) < 4.78 is 0. The number of rotatable bonds is 4. The lowest BCUT2D eigenvalue weighted by atomic mass is 9.44. The molecule has 0 spiro atoms. The minimum absolute atomic E-state index is 0.187. The van der Waals surface area contributed by atoms with E-state index in [1.807, 2.05) is 0 Å². The average Bonchev–Trinajstić information content (AvgIpc) is 2.27. The molecular formula is C15H27NO. The molecule has 0 aromatic carbocycles. The van der Waals surface area contributed by atoms with Gasteiger partial charge in [0.05, 0.1) is 6.61 Å². The van der Waals surface area contributed by atoms with E-state index in [9.17, 15) is 5.11 Å². The highest BCUT2D eigenvalue weighted by molar-refractivity contribution is 5.11. The first-order chi connectivity index (χ1) is 8.11. The van der Waals surface area contributed by atoms with Crippen molar-refractivity contribution in [2.45, 2.75) is 63.8 Å². The van der Waals surface area contributed by atoms with Crippen molar-refractivity contribution in [3.05, 3.63) is 0 Å². The summed E-state index contributed by atoms with van der Waals surface area (Å²) in [6, 6.07) is 0. The summed E-state index contributed by atoms with van der Waals surface area (Å²) in [5, 5.41) is 9.85. The molecule has 1 atom stereocenters. The van der Waals surface area contributed by atoms with E-state index in [-0.39, 0.29) is 17.6 Å². The van der Waals surface area contributed by atoms with Crippen molar-refractivity contribution >= 4 is 0 Å². The SMILES string of the molecule is CCCC(N)(CO)C12CC3CC(CC(C3)C1)C2. The molecule has 2 heteroatoms. The Kier molecular flexibility index (Phi) is 2.79. The molecule has 4 rings (SSSR count). The van der Waals surface area contributed by atoms with E-state index >= 15 is 0 Å². The van der Waals surface area contributed by atoms with Crippen molar-refractivity contribution < 1.29 is 5.11 Å². The maximum absolute atomic E-state index is 9.85. The second kappa shape index (κ2) is 3.96. The maximum Gasteiger partial charge on any atom is 0.0616 e. The largest absolute Gasteiger partial charge is 0.394 e. The quantitative estimate of drug-likeness (QED) is 0.789. The van der Waals surface area contributed by atoms with Crippen LogP contribution in [0.4, 0.5) is 0 Å². The van der Waals surface area contributed by atoms with Gasteiger partial charge in [-0.15, -0.1) is 0 Å². The molecule has 2 nitrogen and oxygen atoms in total. The molecule has 98 valence electrons. The lowest BCUT2D eigenvalue weighted by Crippen LogP contribution is -2.64. The topological polar surface area (TPSA) is 46.2 Å². The summed E-state index contributed by atoms with van der Waals surface area (Å²) >= 11 is 0. The standard InChI is InChI=1S/C15H27NO/c1-2-3-15(16,10-17)14-7-11-4-12(8-14)6-13(5-11)9-14/h11-13,17H,2-10,16H2,1H3. The summed E-state index contributed by atoms with van der Waals surface area (Å²) in [6.07, 6.45) is 10.4. The Balaban J connectivity index is 1.90. The third kappa shape index (κ3) is 1.67. The van der Waals surface area contributed by atoms with E-state index in [0.29, 0.717) is 0 Å². The fourth-order valence-electron chi connectivity index (χ4n) is 5.68. The van der Waals surface area contributed by atoms with Crippen LogP contribution in [0.1, 0.15) is 58.3 Å². The van der Waals surface area contributed by atoms with Crippen LogP contribution in [0.5, 0.6) is 0 Å². The number of nitrogens with two attached hydrogens (primary N) is 1. The molecule has 4 bridgehead atoms. The zero-order valence-corrected chi connectivity index (χ0v) is 11.1. The van der Waals surface area contributed by atoms with Crippen LogP contribution in [0.15, 0.2) is 0 Å². The minimum Gasteiger partial charge on any atom is -0.394 e. The Morgan fingerprint density at radius 2 is 1.59 bits per heavy atom. The average molecular weight is 237 g/mol. The van der Waals surface area contributed by atoms with Crippen molar-refractivity contribution in [3.8, 4) is 0 Å². The van der Waals surface area contributed by atoms with E-state index in [1.54, 1.807) is 0 Å². The van der Waals surface area contributed by atoms with Gasteiger partial charge in [-0.3, -0.25) is 0 Å². The third-order valence-corrected chi connectivity index (χ3v) is 6.07. The first kappa shape index (κ1) is 12.0. The van der Waals surface area contributed by atoms with E-state index in [4.69, 9.17) is 5.73 Å². The lowest BCUT2D eigenvalue weighted by molar-refractivity contribution is -0.112. The molecule has 1 unspecified atom stereocenters. The smallest absolute Gasteiger partial charge is 0.0616 e. The molecule has 4 aliphatic carbocycles. The molecule has 0 aliphatic heterocycles. The summed E-state index contributed by atoms with van der Waals surface area (Å²) in [5.41, 5.74) is 6.65. The van der Waals surface area contributed by atoms with Crippen LogP contribution in [-0.4, -0.2) is 17.3 Å². The lowest BCUT2D eigenvalue weighted by Gasteiger charge is -2.62. The number of aliphatic hydroxyl groups excluding tert-OH is 1. The van der Waals surface area contributed by atoms with Gasteiger partial charge in [0.2, 0.25) is 0 Å². The zero-order valence-electron chi connectivity index (χ0n) is 11.1. The molecule has 0 saturated heterocycles. The predicted molar refractivity (Wildman–Crippen MR) is 69.5 cm³/mol. The maximum atomic E-state index is 9.85. The number of aliphatic hydroxyl groups is 1. The molecule has 4 saturated carbocycles. The number of hydrogen-bond donors (Lipinski definition) is 2. The van der Waals surface area contributed by atoms with E-state index in [0.717, 1.165) is 30.6 Å². The van der Waals surface area contributed by atoms with Crippen LogP contribution in [0.25, 0.3) is 0 Å². The predicted octanol–water partition coefficient (Wildman–Crippen LogP) is 2.69. The molecule has 0 aromatic heterocycles. The van der Waals surface area contributed by atoms with Crippen LogP contribution < -0.4 is 5.73 Å².